The lowest BCUT2D eigenvalue weighted by atomic mass is 10.2. The second-order valence-electron chi connectivity index (χ2n) is 5.40. The summed E-state index contributed by atoms with van der Waals surface area (Å²) in [6, 6.07) is 4.65. The Balaban J connectivity index is 2.07. The van der Waals surface area contributed by atoms with E-state index in [0.29, 0.717) is 17.9 Å². The Bertz CT molecular complexity index is 717. The number of hydrogen-bond acceptors (Lipinski definition) is 6. The quantitative estimate of drug-likeness (QED) is 0.570. The van der Waals surface area contributed by atoms with E-state index in [9.17, 15) is 19.5 Å². The van der Waals surface area contributed by atoms with Crippen LogP contribution >= 0.6 is 11.8 Å². The molecule has 0 aliphatic carbocycles. The molecule has 134 valence electrons. The Morgan fingerprint density at radius 1 is 1.40 bits per heavy atom. The van der Waals surface area contributed by atoms with Crippen LogP contribution in [0.2, 0.25) is 0 Å². The summed E-state index contributed by atoms with van der Waals surface area (Å²) in [7, 11) is 1.44. The number of thioether (sulfide) groups is 1. The zero-order chi connectivity index (χ0) is 18.4. The Hall–Kier alpha value is -2.48. The summed E-state index contributed by atoms with van der Waals surface area (Å²) in [5.41, 5.74) is 0.552. The molecule has 0 saturated carbocycles. The third kappa shape index (κ3) is 4.76. The largest absolute Gasteiger partial charge is 0.504 e. The van der Waals surface area contributed by atoms with Gasteiger partial charge in [0.2, 0.25) is 5.91 Å². The number of phenols is 1. The van der Waals surface area contributed by atoms with Gasteiger partial charge in [0.15, 0.2) is 11.5 Å². The molecule has 1 aromatic rings. The van der Waals surface area contributed by atoms with Crippen LogP contribution in [0.5, 0.6) is 11.5 Å². The van der Waals surface area contributed by atoms with Crippen LogP contribution in [0.1, 0.15) is 25.3 Å². The lowest BCUT2D eigenvalue weighted by Crippen LogP contribution is -2.39. The van der Waals surface area contributed by atoms with Crippen LogP contribution in [0.3, 0.4) is 0 Å². The van der Waals surface area contributed by atoms with E-state index in [4.69, 9.17) is 4.74 Å². The van der Waals surface area contributed by atoms with Crippen molar-refractivity contribution in [1.29, 1.82) is 0 Å². The number of methoxy groups -OCH3 is 1. The molecule has 0 radical (unpaired) electrons. The third-order valence-corrected chi connectivity index (χ3v) is 4.44. The molecule has 1 aliphatic rings. The number of unbranched alkanes of at least 4 members (excludes halogenated alkanes) is 1. The number of hydrogen-bond donors (Lipinski definition) is 2. The first-order valence-electron chi connectivity index (χ1n) is 7.85. The molecule has 0 unspecified atom stereocenters. The molecule has 2 N–H and O–H groups in total. The molecule has 2 rings (SSSR count). The summed E-state index contributed by atoms with van der Waals surface area (Å²) in [4.78, 5) is 37.3. The van der Waals surface area contributed by atoms with Crippen LogP contribution in [0, 0.1) is 0 Å². The maximum absolute atomic E-state index is 12.3. The van der Waals surface area contributed by atoms with Crippen LogP contribution in [0.4, 0.5) is 4.79 Å². The van der Waals surface area contributed by atoms with Gasteiger partial charge in [-0.3, -0.25) is 19.3 Å². The van der Waals surface area contributed by atoms with Gasteiger partial charge in [0.05, 0.1) is 12.0 Å². The van der Waals surface area contributed by atoms with Gasteiger partial charge in [0.25, 0.3) is 11.1 Å². The van der Waals surface area contributed by atoms with Gasteiger partial charge in [-0.1, -0.05) is 19.4 Å². The highest BCUT2D eigenvalue weighted by Gasteiger charge is 2.36. The number of benzene rings is 1. The summed E-state index contributed by atoms with van der Waals surface area (Å²) in [6.07, 6.45) is 3.28. The topological polar surface area (TPSA) is 95.9 Å². The first-order valence-corrected chi connectivity index (χ1v) is 8.67. The van der Waals surface area contributed by atoms with E-state index < -0.39 is 11.1 Å². The number of imide groups is 1. The number of ether oxygens (including phenoxy) is 1. The maximum Gasteiger partial charge on any atom is 0.294 e. The molecular weight excluding hydrogens is 344 g/mol. The summed E-state index contributed by atoms with van der Waals surface area (Å²) in [5, 5.41) is 12.0. The fraction of sp³-hybridized carbons (Fsp3) is 0.353. The van der Waals surface area contributed by atoms with Crippen LogP contribution in [-0.4, -0.2) is 47.3 Å². The minimum Gasteiger partial charge on any atom is -0.504 e. The van der Waals surface area contributed by atoms with Crippen LogP contribution in [0.15, 0.2) is 23.1 Å². The Labute approximate surface area is 150 Å². The molecule has 1 saturated heterocycles. The monoisotopic (exact) mass is 364 g/mol. The highest BCUT2D eigenvalue weighted by atomic mass is 32.2. The van der Waals surface area contributed by atoms with Crippen molar-refractivity contribution in [2.45, 2.75) is 19.8 Å². The van der Waals surface area contributed by atoms with Crippen molar-refractivity contribution in [2.75, 3.05) is 20.2 Å². The molecule has 1 fully saturated rings. The van der Waals surface area contributed by atoms with Crippen molar-refractivity contribution in [1.82, 2.24) is 10.2 Å². The van der Waals surface area contributed by atoms with Crippen molar-refractivity contribution in [2.24, 2.45) is 0 Å². The molecule has 0 spiro atoms. The SMILES string of the molecule is CCCCNC(=O)CN1C(=O)S/C(=C\c2ccc(OC)c(O)c2)C1=O. The standard InChI is InChI=1S/C17H20N2O5S/c1-3-4-7-18-15(21)10-19-16(22)14(25-17(19)23)9-11-5-6-13(24-2)12(20)8-11/h5-6,8-9,20H,3-4,7,10H2,1-2H3,(H,18,21)/b14-9-. The van der Waals surface area contributed by atoms with Crippen molar-refractivity contribution in [3.05, 3.63) is 28.7 Å². The van der Waals surface area contributed by atoms with Gasteiger partial charge in [0.1, 0.15) is 6.54 Å². The predicted octanol–water partition coefficient (Wildman–Crippen LogP) is 2.35. The fourth-order valence-corrected chi connectivity index (χ4v) is 3.03. The molecule has 1 aliphatic heterocycles. The number of amides is 3. The second-order valence-corrected chi connectivity index (χ2v) is 6.40. The molecule has 7 nitrogen and oxygen atoms in total. The van der Waals surface area contributed by atoms with Crippen LogP contribution < -0.4 is 10.1 Å². The molecule has 0 aromatic heterocycles. The molecular formula is C17H20N2O5S. The van der Waals surface area contributed by atoms with E-state index in [0.717, 1.165) is 29.5 Å². The van der Waals surface area contributed by atoms with Crippen molar-refractivity contribution in [3.8, 4) is 11.5 Å². The number of aromatic hydroxyl groups is 1. The first-order chi connectivity index (χ1) is 12.0. The zero-order valence-corrected chi connectivity index (χ0v) is 14.9. The van der Waals surface area contributed by atoms with Crippen LogP contribution in [-0.2, 0) is 9.59 Å². The van der Waals surface area contributed by atoms with E-state index in [2.05, 4.69) is 5.32 Å². The Kier molecular flexibility index (Phi) is 6.46. The molecule has 1 aromatic carbocycles. The number of carbonyl (C=O) groups is 3. The summed E-state index contributed by atoms with van der Waals surface area (Å²) >= 11 is 0.768. The van der Waals surface area contributed by atoms with Gasteiger partial charge in [-0.15, -0.1) is 0 Å². The highest BCUT2D eigenvalue weighted by Crippen LogP contribution is 2.33. The van der Waals surface area contributed by atoms with Gasteiger partial charge < -0.3 is 15.2 Å². The van der Waals surface area contributed by atoms with Crippen molar-refractivity contribution < 1.29 is 24.2 Å². The van der Waals surface area contributed by atoms with Gasteiger partial charge in [0, 0.05) is 6.54 Å². The van der Waals surface area contributed by atoms with Crippen molar-refractivity contribution in [3.63, 3.8) is 0 Å². The Morgan fingerprint density at radius 3 is 2.80 bits per heavy atom. The molecule has 0 atom stereocenters. The van der Waals surface area contributed by atoms with E-state index >= 15 is 0 Å². The first kappa shape index (κ1) is 18.9. The van der Waals surface area contributed by atoms with Gasteiger partial charge in [-0.25, -0.2) is 0 Å². The summed E-state index contributed by atoms with van der Waals surface area (Å²) in [5.74, 6) is -0.630. The van der Waals surface area contributed by atoms with E-state index in [1.807, 2.05) is 6.92 Å². The average Bonchev–Trinajstić information content (AvgIpc) is 2.83. The zero-order valence-electron chi connectivity index (χ0n) is 14.1. The van der Waals surface area contributed by atoms with E-state index in [1.54, 1.807) is 12.1 Å². The number of carbonyl (C=O) groups excluding carboxylic acids is 3. The van der Waals surface area contributed by atoms with Gasteiger partial charge >= 0.3 is 0 Å². The number of rotatable bonds is 7. The fourth-order valence-electron chi connectivity index (χ4n) is 2.19. The highest BCUT2D eigenvalue weighted by molar-refractivity contribution is 8.18. The lowest BCUT2D eigenvalue weighted by molar-refractivity contribution is -0.129. The van der Waals surface area contributed by atoms with E-state index in [1.165, 1.54) is 19.3 Å². The summed E-state index contributed by atoms with van der Waals surface area (Å²) < 4.78 is 4.96. The minimum absolute atomic E-state index is 0.0641. The average molecular weight is 364 g/mol. The molecule has 3 amide bonds. The normalized spacial score (nSPS) is 15.8. The minimum atomic E-state index is -0.518. The van der Waals surface area contributed by atoms with E-state index in [-0.39, 0.29) is 23.1 Å². The third-order valence-electron chi connectivity index (χ3n) is 3.53. The van der Waals surface area contributed by atoms with Crippen LogP contribution in [0.25, 0.3) is 6.08 Å². The summed E-state index contributed by atoms with van der Waals surface area (Å²) in [6.45, 7) is 2.23. The second kappa shape index (κ2) is 8.57. The molecule has 1 heterocycles. The maximum atomic E-state index is 12.3. The van der Waals surface area contributed by atoms with Gasteiger partial charge in [-0.05, 0) is 42.0 Å². The smallest absolute Gasteiger partial charge is 0.294 e. The van der Waals surface area contributed by atoms with Gasteiger partial charge in [-0.2, -0.15) is 0 Å². The Morgan fingerprint density at radius 2 is 2.16 bits per heavy atom. The van der Waals surface area contributed by atoms with Crippen molar-refractivity contribution >= 4 is 34.9 Å². The number of nitrogens with one attached hydrogen (secondary N) is 1. The number of nitrogens with zero attached hydrogens (tertiary/aromatic N) is 1. The molecule has 0 bridgehead atoms. The lowest BCUT2D eigenvalue weighted by Gasteiger charge is -2.12. The molecule has 8 heteroatoms. The number of phenolic OH excluding ortho intramolecular Hbond substituents is 1. The predicted molar refractivity (Wildman–Crippen MR) is 95.3 cm³/mol. The molecule has 25 heavy (non-hydrogen) atoms.